The summed E-state index contributed by atoms with van der Waals surface area (Å²) in [5, 5.41) is 0.755. The van der Waals surface area contributed by atoms with Crippen molar-refractivity contribution in [3.63, 3.8) is 0 Å². The molecule has 20 heavy (non-hydrogen) atoms. The maximum absolute atomic E-state index is 6.54. The summed E-state index contributed by atoms with van der Waals surface area (Å²) in [5.74, 6) is 0. The van der Waals surface area contributed by atoms with Crippen molar-refractivity contribution in [2.45, 2.75) is 0 Å². The van der Waals surface area contributed by atoms with Gasteiger partial charge in [-0.15, -0.1) is 0 Å². The smallest absolute Gasteiger partial charge is 0.0796 e. The van der Waals surface area contributed by atoms with Crippen LogP contribution in [0.25, 0.3) is 22.4 Å². The number of pyridine rings is 1. The van der Waals surface area contributed by atoms with Gasteiger partial charge in [-0.05, 0) is 28.2 Å². The average molecular weight is 392 g/mol. The van der Waals surface area contributed by atoms with E-state index in [1.807, 2.05) is 42.6 Å². The fourth-order valence-electron chi connectivity index (χ4n) is 2.15. The third-order valence-electron chi connectivity index (χ3n) is 3.08. The molecular weight excluding hydrogens is 381 g/mol. The molecule has 3 rings (SSSR count). The lowest BCUT2D eigenvalue weighted by molar-refractivity contribution is 1.31. The molecule has 0 aliphatic carbocycles. The van der Waals surface area contributed by atoms with E-state index in [1.165, 1.54) is 0 Å². The highest BCUT2D eigenvalue weighted by molar-refractivity contribution is 14.1. The monoisotopic (exact) mass is 391 g/mol. The molecule has 0 unspecified atom stereocenters. The summed E-state index contributed by atoms with van der Waals surface area (Å²) in [6.45, 7) is 0. The van der Waals surface area contributed by atoms with Gasteiger partial charge in [0.2, 0.25) is 0 Å². The Balaban J connectivity index is 2.29. The molecule has 1 aromatic heterocycles. The fourth-order valence-corrected chi connectivity index (χ4v) is 2.81. The summed E-state index contributed by atoms with van der Waals surface area (Å²) in [4.78, 5) is 4.59. The second-order valence-corrected chi connectivity index (χ2v) is 5.92. The average Bonchev–Trinajstić information content (AvgIpc) is 2.51. The van der Waals surface area contributed by atoms with Gasteiger partial charge in [-0.3, -0.25) is 4.98 Å². The van der Waals surface area contributed by atoms with Crippen molar-refractivity contribution in [3.05, 3.63) is 75.5 Å². The van der Waals surface area contributed by atoms with E-state index in [2.05, 4.69) is 51.8 Å². The second kappa shape index (κ2) is 5.94. The summed E-state index contributed by atoms with van der Waals surface area (Å²) in [6.07, 6.45) is 1.82. The first kappa shape index (κ1) is 13.6. The number of hydrogen-bond donors (Lipinski definition) is 0. The third-order valence-corrected chi connectivity index (χ3v) is 4.61. The van der Waals surface area contributed by atoms with Gasteiger partial charge in [0.1, 0.15) is 0 Å². The van der Waals surface area contributed by atoms with Crippen LogP contribution in [0.3, 0.4) is 0 Å². The zero-order chi connectivity index (χ0) is 13.9. The van der Waals surface area contributed by atoms with Crippen LogP contribution < -0.4 is 0 Å². The molecule has 0 spiro atoms. The molecule has 0 radical (unpaired) electrons. The minimum atomic E-state index is 0.755. The summed E-state index contributed by atoms with van der Waals surface area (Å²) < 4.78 is 0.961. The Morgan fingerprint density at radius 1 is 0.800 bits per heavy atom. The van der Waals surface area contributed by atoms with Crippen LogP contribution in [0.2, 0.25) is 5.02 Å². The molecule has 3 aromatic rings. The molecule has 0 bridgehead atoms. The molecule has 0 aliphatic rings. The fraction of sp³-hybridized carbons (Fsp3) is 0. The summed E-state index contributed by atoms with van der Waals surface area (Å²) in [6, 6.07) is 20.3. The number of rotatable bonds is 2. The van der Waals surface area contributed by atoms with Gasteiger partial charge in [0.05, 0.1) is 14.3 Å². The summed E-state index contributed by atoms with van der Waals surface area (Å²) in [7, 11) is 0. The topological polar surface area (TPSA) is 12.9 Å². The molecule has 98 valence electrons. The van der Waals surface area contributed by atoms with Crippen LogP contribution >= 0.6 is 34.2 Å². The van der Waals surface area contributed by atoms with E-state index in [-0.39, 0.29) is 0 Å². The number of hydrogen-bond acceptors (Lipinski definition) is 1. The maximum atomic E-state index is 6.54. The van der Waals surface area contributed by atoms with Crippen molar-refractivity contribution in [1.82, 2.24) is 4.98 Å². The molecular formula is C17H11ClIN. The van der Waals surface area contributed by atoms with Gasteiger partial charge in [-0.1, -0.05) is 72.3 Å². The lowest BCUT2D eigenvalue weighted by Gasteiger charge is -2.12. The minimum absolute atomic E-state index is 0.755. The normalized spacial score (nSPS) is 10.5. The van der Waals surface area contributed by atoms with E-state index >= 15 is 0 Å². The summed E-state index contributed by atoms with van der Waals surface area (Å²) >= 11 is 8.75. The van der Waals surface area contributed by atoms with Gasteiger partial charge in [0.15, 0.2) is 0 Å². The van der Waals surface area contributed by atoms with Crippen molar-refractivity contribution in [1.29, 1.82) is 0 Å². The van der Waals surface area contributed by atoms with Crippen LogP contribution in [0.15, 0.2) is 66.9 Å². The third kappa shape index (κ3) is 2.58. The molecule has 0 atom stereocenters. The van der Waals surface area contributed by atoms with Gasteiger partial charge in [-0.25, -0.2) is 0 Å². The first-order chi connectivity index (χ1) is 9.77. The zero-order valence-electron chi connectivity index (χ0n) is 10.6. The highest BCUT2D eigenvalue weighted by Gasteiger charge is 2.15. The lowest BCUT2D eigenvalue weighted by atomic mass is 9.99. The first-order valence-electron chi connectivity index (χ1n) is 6.22. The zero-order valence-corrected chi connectivity index (χ0v) is 13.5. The van der Waals surface area contributed by atoms with Gasteiger partial charge < -0.3 is 0 Å². The van der Waals surface area contributed by atoms with Gasteiger partial charge in [-0.2, -0.15) is 0 Å². The number of nitrogens with zero attached hydrogens (tertiary/aromatic N) is 1. The highest BCUT2D eigenvalue weighted by Crippen LogP contribution is 2.38. The Hall–Kier alpha value is -1.39. The lowest BCUT2D eigenvalue weighted by Crippen LogP contribution is -1.92. The van der Waals surface area contributed by atoms with Crippen molar-refractivity contribution < 1.29 is 0 Å². The van der Waals surface area contributed by atoms with E-state index in [1.54, 1.807) is 0 Å². The number of benzene rings is 2. The molecule has 3 heteroatoms. The Bertz CT molecular complexity index is 727. The standard InChI is InChI=1S/C17H11ClIN/c18-16-14(19)11-20-17(13-9-5-2-6-10-13)15(16)12-7-3-1-4-8-12/h1-11H. The molecule has 0 N–H and O–H groups in total. The van der Waals surface area contributed by atoms with E-state index in [9.17, 15) is 0 Å². The molecule has 0 amide bonds. The number of halogens is 2. The maximum Gasteiger partial charge on any atom is 0.0796 e. The highest BCUT2D eigenvalue weighted by atomic mass is 127. The molecule has 2 aromatic carbocycles. The molecule has 1 nitrogen and oxygen atoms in total. The van der Waals surface area contributed by atoms with Crippen molar-refractivity contribution in [3.8, 4) is 22.4 Å². The molecule has 1 heterocycles. The second-order valence-electron chi connectivity index (χ2n) is 4.38. The minimum Gasteiger partial charge on any atom is -0.254 e. The van der Waals surface area contributed by atoms with Gasteiger partial charge in [0, 0.05) is 17.3 Å². The summed E-state index contributed by atoms with van der Waals surface area (Å²) in [5.41, 5.74) is 4.07. The largest absolute Gasteiger partial charge is 0.254 e. The molecule has 0 saturated carbocycles. The quantitative estimate of drug-likeness (QED) is 0.513. The van der Waals surface area contributed by atoms with Crippen LogP contribution in [-0.2, 0) is 0 Å². The SMILES string of the molecule is Clc1c(I)cnc(-c2ccccc2)c1-c1ccccc1. The van der Waals surface area contributed by atoms with Crippen LogP contribution in [0.5, 0.6) is 0 Å². The van der Waals surface area contributed by atoms with E-state index in [0.29, 0.717) is 0 Å². The van der Waals surface area contributed by atoms with Crippen molar-refractivity contribution in [2.24, 2.45) is 0 Å². The van der Waals surface area contributed by atoms with E-state index in [4.69, 9.17) is 11.6 Å². The Morgan fingerprint density at radius 2 is 1.35 bits per heavy atom. The van der Waals surface area contributed by atoms with E-state index < -0.39 is 0 Å². The van der Waals surface area contributed by atoms with Crippen LogP contribution in [-0.4, -0.2) is 4.98 Å². The Labute approximate surface area is 136 Å². The molecule has 0 saturated heterocycles. The molecule has 0 aliphatic heterocycles. The van der Waals surface area contributed by atoms with Crippen LogP contribution in [0.4, 0.5) is 0 Å². The Morgan fingerprint density at radius 3 is 1.95 bits per heavy atom. The number of aromatic nitrogens is 1. The van der Waals surface area contributed by atoms with E-state index in [0.717, 1.165) is 31.0 Å². The van der Waals surface area contributed by atoms with Crippen LogP contribution in [0.1, 0.15) is 0 Å². The molecule has 0 fully saturated rings. The van der Waals surface area contributed by atoms with Crippen LogP contribution in [0, 0.1) is 3.57 Å². The van der Waals surface area contributed by atoms with Gasteiger partial charge >= 0.3 is 0 Å². The van der Waals surface area contributed by atoms with Crippen molar-refractivity contribution in [2.75, 3.05) is 0 Å². The first-order valence-corrected chi connectivity index (χ1v) is 7.68. The Kier molecular flexibility index (Phi) is 4.03. The predicted molar refractivity (Wildman–Crippen MR) is 92.8 cm³/mol. The van der Waals surface area contributed by atoms with Gasteiger partial charge in [0.25, 0.3) is 0 Å². The van der Waals surface area contributed by atoms with Crippen molar-refractivity contribution >= 4 is 34.2 Å². The predicted octanol–water partition coefficient (Wildman–Crippen LogP) is 5.67.